The quantitative estimate of drug-likeness (QED) is 0.316. The molecule has 224 valence electrons. The highest BCUT2D eigenvalue weighted by Gasteiger charge is 2.33. The van der Waals surface area contributed by atoms with Crippen molar-refractivity contribution in [1.29, 1.82) is 0 Å². The molecule has 1 saturated carbocycles. The van der Waals surface area contributed by atoms with Crippen LogP contribution in [-0.2, 0) is 14.6 Å². The monoisotopic (exact) mass is 624 g/mol. The first-order valence-corrected chi connectivity index (χ1v) is 16.5. The van der Waals surface area contributed by atoms with Gasteiger partial charge in [-0.05, 0) is 38.0 Å². The van der Waals surface area contributed by atoms with Gasteiger partial charge in [0.05, 0.1) is 32.1 Å². The third-order valence-electron chi connectivity index (χ3n) is 8.03. The van der Waals surface area contributed by atoms with E-state index in [1.165, 1.54) is 29.9 Å². The number of sulfone groups is 1. The number of hydrogen-bond donors (Lipinski definition) is 1. The van der Waals surface area contributed by atoms with Gasteiger partial charge in [0.25, 0.3) is 0 Å². The molecule has 0 unspecified atom stereocenters. The Labute approximate surface area is 250 Å². The van der Waals surface area contributed by atoms with Gasteiger partial charge in [0.2, 0.25) is 5.91 Å². The number of amides is 1. The van der Waals surface area contributed by atoms with Crippen molar-refractivity contribution in [3.8, 4) is 16.3 Å². The second-order valence-electron chi connectivity index (χ2n) is 10.8. The molecule has 43 heavy (non-hydrogen) atoms. The van der Waals surface area contributed by atoms with E-state index in [0.29, 0.717) is 25.3 Å². The highest BCUT2D eigenvalue weighted by molar-refractivity contribution is 7.90. The molecule has 0 spiro atoms. The lowest BCUT2D eigenvalue weighted by Crippen LogP contribution is -2.54. The number of fused-ring (bicyclic) bond motifs is 1. The molecule has 1 atom stereocenters. The molecular weight excluding hydrogens is 595 g/mol. The number of nitrogens with zero attached hydrogens (tertiary/aromatic N) is 7. The van der Waals surface area contributed by atoms with E-state index in [1.807, 2.05) is 11.8 Å². The van der Waals surface area contributed by atoms with Gasteiger partial charge in [-0.15, -0.1) is 11.3 Å². The Bertz CT molecular complexity index is 1950. The number of hydrogen-bond acceptors (Lipinski definition) is 11. The molecule has 4 aromatic rings. The van der Waals surface area contributed by atoms with Crippen LogP contribution in [0.1, 0.15) is 37.8 Å². The van der Waals surface area contributed by atoms with E-state index in [2.05, 4.69) is 26.5 Å². The van der Waals surface area contributed by atoms with E-state index in [-0.39, 0.29) is 61.7 Å². The minimum atomic E-state index is -3.84. The van der Waals surface area contributed by atoms with E-state index in [4.69, 9.17) is 5.73 Å². The normalized spacial score (nSPS) is 17.7. The second-order valence-corrected chi connectivity index (χ2v) is 13.6. The van der Waals surface area contributed by atoms with Crippen molar-refractivity contribution in [2.24, 2.45) is 0 Å². The molecule has 2 aliphatic rings. The van der Waals surface area contributed by atoms with Crippen LogP contribution in [0.5, 0.6) is 0 Å². The molecule has 15 heteroatoms. The van der Waals surface area contributed by atoms with Gasteiger partial charge in [-0.2, -0.15) is 4.98 Å². The van der Waals surface area contributed by atoms with Crippen LogP contribution in [-0.4, -0.2) is 75.7 Å². The van der Waals surface area contributed by atoms with Crippen LogP contribution in [0.3, 0.4) is 0 Å². The van der Waals surface area contributed by atoms with E-state index in [0.717, 1.165) is 41.4 Å². The minimum Gasteiger partial charge on any atom is -0.382 e. The third-order valence-corrected chi connectivity index (χ3v) is 10.0. The Morgan fingerprint density at radius 3 is 2.60 bits per heavy atom. The molecular formula is C28H29FN8O4S2. The lowest BCUT2D eigenvalue weighted by atomic mass is 9.82. The van der Waals surface area contributed by atoms with E-state index < -0.39 is 21.3 Å². The number of piperazine rings is 1. The molecule has 0 radical (unpaired) electrons. The van der Waals surface area contributed by atoms with Gasteiger partial charge in [-0.3, -0.25) is 9.78 Å². The largest absolute Gasteiger partial charge is 0.382 e. The number of carbonyl (C=O) groups excluding carboxylic acids is 1. The zero-order valence-electron chi connectivity index (χ0n) is 23.5. The lowest BCUT2D eigenvalue weighted by molar-refractivity contribution is -0.126. The number of pyridine rings is 2. The van der Waals surface area contributed by atoms with Crippen LogP contribution in [0.2, 0.25) is 0 Å². The highest BCUT2D eigenvalue weighted by atomic mass is 32.2. The molecule has 1 aliphatic carbocycles. The predicted octanol–water partition coefficient (Wildman–Crippen LogP) is 2.91. The molecule has 1 amide bonds. The highest BCUT2D eigenvalue weighted by Crippen LogP contribution is 2.41. The van der Waals surface area contributed by atoms with Gasteiger partial charge in [0.15, 0.2) is 21.3 Å². The summed E-state index contributed by atoms with van der Waals surface area (Å²) < 4.78 is 43.1. The maximum Gasteiger partial charge on any atom is 0.355 e. The minimum absolute atomic E-state index is 0.00877. The van der Waals surface area contributed by atoms with E-state index >= 15 is 4.39 Å². The molecule has 1 aliphatic heterocycles. The summed E-state index contributed by atoms with van der Waals surface area (Å²) in [4.78, 5) is 47.6. The standard InChI is InChI=1S/C28H29FN8O4S2/c1-4-20(38)35-10-11-36(15(2)13-35)26-17-12-18(29)22(24-25(30)32-14-42-24)33-27(17)37(28(39)34-26)23-19(43(3,40)41)8-9-31-21(23)16-6-5-7-16/h4,8-9,12,14-16H,1,5-7,10-11,13,30H2,2-3H3/t15-/m0/s1. The Kier molecular flexibility index (Phi) is 7.24. The van der Waals surface area contributed by atoms with Crippen LogP contribution in [0.15, 0.2) is 46.2 Å². The first kappa shape index (κ1) is 28.9. The fourth-order valence-corrected chi connectivity index (χ4v) is 7.23. The van der Waals surface area contributed by atoms with Gasteiger partial charge >= 0.3 is 5.69 Å². The molecule has 0 aromatic carbocycles. The smallest absolute Gasteiger partial charge is 0.355 e. The number of nitrogen functional groups attached to an aromatic ring is 1. The Morgan fingerprint density at radius 2 is 2.00 bits per heavy atom. The number of thiazole rings is 1. The summed E-state index contributed by atoms with van der Waals surface area (Å²) in [7, 11) is -3.84. The van der Waals surface area contributed by atoms with Gasteiger partial charge < -0.3 is 15.5 Å². The molecule has 2 N–H and O–H groups in total. The second kappa shape index (κ2) is 10.8. The average molecular weight is 625 g/mol. The summed E-state index contributed by atoms with van der Waals surface area (Å²) in [5, 5.41) is 0.196. The SMILES string of the molecule is C=CC(=O)N1CCN(c2nc(=O)n(-c3c(S(C)(=O)=O)ccnc3C3CCC3)c3nc(-c4scnc4N)c(F)cc23)[C@@H](C)C1. The first-order chi connectivity index (χ1) is 20.5. The Hall–Kier alpha value is -4.24. The van der Waals surface area contributed by atoms with E-state index in [9.17, 15) is 18.0 Å². The Morgan fingerprint density at radius 1 is 1.23 bits per heavy atom. The molecule has 1 saturated heterocycles. The molecule has 12 nitrogen and oxygen atoms in total. The third kappa shape index (κ3) is 4.95. The van der Waals surface area contributed by atoms with Crippen LogP contribution in [0.25, 0.3) is 27.3 Å². The lowest BCUT2D eigenvalue weighted by Gasteiger charge is -2.40. The summed E-state index contributed by atoms with van der Waals surface area (Å²) >= 11 is 1.09. The average Bonchev–Trinajstić information content (AvgIpc) is 3.36. The molecule has 4 aromatic heterocycles. The number of carbonyl (C=O) groups is 1. The summed E-state index contributed by atoms with van der Waals surface area (Å²) in [5.74, 6) is -0.735. The number of anilines is 2. The molecule has 6 rings (SSSR count). The summed E-state index contributed by atoms with van der Waals surface area (Å²) in [6.07, 6.45) is 6.23. The van der Waals surface area contributed by atoms with E-state index in [1.54, 1.807) is 4.90 Å². The molecule has 5 heterocycles. The van der Waals surface area contributed by atoms with Crippen molar-refractivity contribution >= 4 is 49.8 Å². The number of rotatable bonds is 6. The zero-order chi connectivity index (χ0) is 30.6. The fraction of sp³-hybridized carbons (Fsp3) is 0.357. The number of halogens is 1. The molecule has 0 bridgehead atoms. The zero-order valence-corrected chi connectivity index (χ0v) is 25.2. The van der Waals surface area contributed by atoms with Crippen molar-refractivity contribution in [1.82, 2.24) is 29.4 Å². The topological polar surface area (TPSA) is 157 Å². The summed E-state index contributed by atoms with van der Waals surface area (Å²) in [6.45, 7) is 6.40. The van der Waals surface area contributed by atoms with Crippen LogP contribution >= 0.6 is 11.3 Å². The van der Waals surface area contributed by atoms with Gasteiger partial charge in [0, 0.05) is 44.0 Å². The summed E-state index contributed by atoms with van der Waals surface area (Å²) in [5.41, 5.74) is 7.10. The predicted molar refractivity (Wildman–Crippen MR) is 162 cm³/mol. The number of nitrogens with two attached hydrogens (primary N) is 1. The molecule has 2 fully saturated rings. The first-order valence-electron chi connectivity index (χ1n) is 13.7. The maximum atomic E-state index is 15.9. The van der Waals surface area contributed by atoms with Crippen molar-refractivity contribution < 1.29 is 17.6 Å². The van der Waals surface area contributed by atoms with Gasteiger partial charge in [-0.25, -0.2) is 32.1 Å². The van der Waals surface area contributed by atoms with Crippen LogP contribution < -0.4 is 16.3 Å². The number of aromatic nitrogens is 5. The Balaban J connectivity index is 1.66. The summed E-state index contributed by atoms with van der Waals surface area (Å²) in [6, 6.07) is 2.30. The van der Waals surface area contributed by atoms with Crippen molar-refractivity contribution in [2.75, 3.05) is 36.5 Å². The van der Waals surface area contributed by atoms with Gasteiger partial charge in [0.1, 0.15) is 17.3 Å². The van der Waals surface area contributed by atoms with Crippen molar-refractivity contribution in [2.45, 2.75) is 43.0 Å². The van der Waals surface area contributed by atoms with Crippen LogP contribution in [0, 0.1) is 5.82 Å². The van der Waals surface area contributed by atoms with Crippen molar-refractivity contribution in [3.05, 3.63) is 58.5 Å². The van der Waals surface area contributed by atoms with Crippen molar-refractivity contribution in [3.63, 3.8) is 0 Å². The fourth-order valence-electron chi connectivity index (χ4n) is 5.67. The van der Waals surface area contributed by atoms with Crippen LogP contribution in [0.4, 0.5) is 16.0 Å². The maximum absolute atomic E-state index is 15.9. The van der Waals surface area contributed by atoms with Gasteiger partial charge in [-0.1, -0.05) is 13.0 Å².